The second kappa shape index (κ2) is 8.23. The summed E-state index contributed by atoms with van der Waals surface area (Å²) in [4.78, 5) is 8.12. The maximum atomic E-state index is 12.5. The lowest BCUT2D eigenvalue weighted by atomic mass is 10.1. The number of nitrogens with one attached hydrogen (secondary N) is 2. The van der Waals surface area contributed by atoms with Crippen molar-refractivity contribution in [2.24, 2.45) is 4.99 Å². The minimum absolute atomic E-state index is 0.131. The van der Waals surface area contributed by atoms with Gasteiger partial charge in [-0.2, -0.15) is 13.8 Å². The average Bonchev–Trinajstić information content (AvgIpc) is 2.95. The van der Waals surface area contributed by atoms with Crippen LogP contribution in [0.2, 0.25) is 0 Å². The van der Waals surface area contributed by atoms with Crippen LogP contribution in [0.25, 0.3) is 0 Å². The van der Waals surface area contributed by atoms with Crippen molar-refractivity contribution >= 4 is 5.96 Å². The van der Waals surface area contributed by atoms with E-state index in [1.807, 2.05) is 6.92 Å². The Hall–Kier alpha value is -2.71. The number of aromatic nitrogens is 2. The van der Waals surface area contributed by atoms with Crippen LogP contribution in [0.15, 0.2) is 27.7 Å². The molecular weight excluding hydrogens is 320 g/mol. The van der Waals surface area contributed by atoms with Gasteiger partial charge in [0, 0.05) is 19.2 Å². The van der Waals surface area contributed by atoms with Crippen molar-refractivity contribution in [3.8, 4) is 5.75 Å². The van der Waals surface area contributed by atoms with E-state index in [0.717, 1.165) is 5.56 Å². The van der Waals surface area contributed by atoms with Crippen LogP contribution in [0.1, 0.15) is 22.8 Å². The number of benzene rings is 1. The number of aryl methyl sites for hydroxylation is 2. The second-order valence-corrected chi connectivity index (χ2v) is 5.00. The van der Waals surface area contributed by atoms with E-state index in [9.17, 15) is 8.78 Å². The third kappa shape index (κ3) is 5.18. The molecule has 1 aromatic heterocycles. The first-order valence-electron chi connectivity index (χ1n) is 7.26. The number of guanidine groups is 1. The normalized spacial score (nSPS) is 11.7. The highest BCUT2D eigenvalue weighted by Gasteiger charge is 2.11. The number of ether oxygens (including phenoxy) is 1. The lowest BCUT2D eigenvalue weighted by Crippen LogP contribution is -2.36. The maximum Gasteiger partial charge on any atom is 0.387 e. The van der Waals surface area contributed by atoms with Crippen LogP contribution in [-0.4, -0.2) is 29.8 Å². The highest BCUT2D eigenvalue weighted by Crippen LogP contribution is 2.21. The summed E-state index contributed by atoms with van der Waals surface area (Å²) in [6.45, 7) is 1.30. The molecule has 0 aliphatic heterocycles. The van der Waals surface area contributed by atoms with Gasteiger partial charge in [-0.1, -0.05) is 22.9 Å². The average molecular weight is 339 g/mol. The molecule has 2 N–H and O–H groups in total. The van der Waals surface area contributed by atoms with Crippen LogP contribution in [0, 0.1) is 13.8 Å². The Kier molecular flexibility index (Phi) is 6.05. The summed E-state index contributed by atoms with van der Waals surface area (Å²) in [5.74, 6) is 1.57. The van der Waals surface area contributed by atoms with Gasteiger partial charge in [-0.3, -0.25) is 4.99 Å². The van der Waals surface area contributed by atoms with Crippen molar-refractivity contribution in [3.05, 3.63) is 41.0 Å². The van der Waals surface area contributed by atoms with Gasteiger partial charge in [-0.25, -0.2) is 0 Å². The maximum absolute atomic E-state index is 12.5. The summed E-state index contributed by atoms with van der Waals surface area (Å²) >= 11 is 0. The smallest absolute Gasteiger partial charge is 0.387 e. The molecule has 0 radical (unpaired) electrons. The van der Waals surface area contributed by atoms with Crippen LogP contribution in [0.4, 0.5) is 8.78 Å². The fourth-order valence-electron chi connectivity index (χ4n) is 2.03. The van der Waals surface area contributed by atoms with E-state index >= 15 is 0 Å². The molecule has 0 spiro atoms. The van der Waals surface area contributed by atoms with Crippen molar-refractivity contribution in [2.75, 3.05) is 7.05 Å². The Morgan fingerprint density at radius 3 is 2.67 bits per heavy atom. The highest BCUT2D eigenvalue weighted by molar-refractivity contribution is 5.79. The molecule has 0 saturated carbocycles. The summed E-state index contributed by atoms with van der Waals surface area (Å²) in [5.41, 5.74) is 1.55. The molecule has 9 heteroatoms. The number of rotatable bonds is 6. The number of nitrogens with zero attached hydrogens (tertiary/aromatic N) is 3. The quantitative estimate of drug-likeness (QED) is 0.620. The van der Waals surface area contributed by atoms with E-state index in [0.29, 0.717) is 29.8 Å². The van der Waals surface area contributed by atoms with Gasteiger partial charge in [0.15, 0.2) is 11.8 Å². The number of alkyl halides is 2. The lowest BCUT2D eigenvalue weighted by Gasteiger charge is -2.14. The first-order chi connectivity index (χ1) is 11.5. The van der Waals surface area contributed by atoms with E-state index in [1.165, 1.54) is 6.07 Å². The number of aliphatic imine (C=N–C) groups is 1. The number of hydrogen-bond acceptors (Lipinski definition) is 5. The van der Waals surface area contributed by atoms with Crippen molar-refractivity contribution in [1.82, 2.24) is 20.8 Å². The highest BCUT2D eigenvalue weighted by atomic mass is 19.3. The molecule has 0 fully saturated rings. The third-order valence-electron chi connectivity index (χ3n) is 3.08. The molecule has 7 nitrogen and oxygen atoms in total. The van der Waals surface area contributed by atoms with Gasteiger partial charge in [-0.05, 0) is 19.9 Å². The summed E-state index contributed by atoms with van der Waals surface area (Å²) < 4.78 is 34.5. The van der Waals surface area contributed by atoms with E-state index in [4.69, 9.17) is 4.52 Å². The topological polar surface area (TPSA) is 84.6 Å². The molecule has 1 heterocycles. The Morgan fingerprint density at radius 1 is 1.29 bits per heavy atom. The van der Waals surface area contributed by atoms with Gasteiger partial charge >= 0.3 is 6.61 Å². The van der Waals surface area contributed by atoms with Crippen molar-refractivity contribution in [1.29, 1.82) is 0 Å². The zero-order valence-corrected chi connectivity index (χ0v) is 13.6. The third-order valence-corrected chi connectivity index (χ3v) is 3.08. The molecule has 0 unspecified atom stereocenters. The Balaban J connectivity index is 1.96. The molecule has 0 aliphatic rings. The predicted molar refractivity (Wildman–Crippen MR) is 83.9 cm³/mol. The zero-order valence-electron chi connectivity index (χ0n) is 13.6. The van der Waals surface area contributed by atoms with E-state index in [1.54, 1.807) is 26.1 Å². The van der Waals surface area contributed by atoms with Crippen LogP contribution < -0.4 is 15.4 Å². The number of halogens is 2. The second-order valence-electron chi connectivity index (χ2n) is 5.00. The minimum Gasteiger partial charge on any atom is -0.434 e. The van der Waals surface area contributed by atoms with Crippen LogP contribution in [-0.2, 0) is 13.1 Å². The molecule has 2 aromatic rings. The SMILES string of the molecule is CN=C(NCc1nc(C)no1)NCc1cc(C)ccc1OC(F)F. The largest absolute Gasteiger partial charge is 0.434 e. The van der Waals surface area contributed by atoms with Gasteiger partial charge in [0.1, 0.15) is 5.75 Å². The Morgan fingerprint density at radius 2 is 2.04 bits per heavy atom. The van der Waals surface area contributed by atoms with E-state index in [-0.39, 0.29) is 12.3 Å². The van der Waals surface area contributed by atoms with E-state index < -0.39 is 6.61 Å². The summed E-state index contributed by atoms with van der Waals surface area (Å²) in [6, 6.07) is 5.02. The molecule has 0 amide bonds. The molecule has 1 aromatic carbocycles. The van der Waals surface area contributed by atoms with Crippen molar-refractivity contribution in [3.63, 3.8) is 0 Å². The van der Waals surface area contributed by atoms with Gasteiger partial charge < -0.3 is 19.9 Å². The van der Waals surface area contributed by atoms with Crippen LogP contribution in [0.3, 0.4) is 0 Å². The molecular formula is C15H19F2N5O2. The molecule has 0 aliphatic carbocycles. The Labute approximate surface area is 138 Å². The van der Waals surface area contributed by atoms with Crippen molar-refractivity contribution in [2.45, 2.75) is 33.5 Å². The molecule has 0 saturated heterocycles. The first-order valence-corrected chi connectivity index (χ1v) is 7.26. The Bertz CT molecular complexity index is 703. The van der Waals surface area contributed by atoms with Gasteiger partial charge in [-0.15, -0.1) is 0 Å². The fraction of sp³-hybridized carbons (Fsp3) is 0.400. The number of hydrogen-bond donors (Lipinski definition) is 2. The summed E-state index contributed by atoms with van der Waals surface area (Å²) in [7, 11) is 1.60. The minimum atomic E-state index is -2.87. The molecule has 24 heavy (non-hydrogen) atoms. The van der Waals surface area contributed by atoms with Gasteiger partial charge in [0.05, 0.1) is 6.54 Å². The lowest BCUT2D eigenvalue weighted by molar-refractivity contribution is -0.0504. The fourth-order valence-corrected chi connectivity index (χ4v) is 2.03. The molecule has 2 rings (SSSR count). The predicted octanol–water partition coefficient (Wildman–Crippen LogP) is 2.15. The molecule has 0 atom stereocenters. The van der Waals surface area contributed by atoms with Crippen LogP contribution in [0.5, 0.6) is 5.75 Å². The van der Waals surface area contributed by atoms with Crippen LogP contribution >= 0.6 is 0 Å². The summed E-state index contributed by atoms with van der Waals surface area (Å²) in [6.07, 6.45) is 0. The first kappa shape index (κ1) is 17.6. The summed E-state index contributed by atoms with van der Waals surface area (Å²) in [5, 5.41) is 9.71. The van der Waals surface area contributed by atoms with Crippen molar-refractivity contribution < 1.29 is 18.0 Å². The van der Waals surface area contributed by atoms with Gasteiger partial charge in [0.2, 0.25) is 5.89 Å². The molecule has 0 bridgehead atoms. The zero-order chi connectivity index (χ0) is 17.5. The van der Waals surface area contributed by atoms with E-state index in [2.05, 4.69) is 30.5 Å². The van der Waals surface area contributed by atoms with Gasteiger partial charge in [0.25, 0.3) is 0 Å². The standard InChI is InChI=1S/C15H19F2N5O2/c1-9-4-5-12(23-14(16)17)11(6-9)7-19-15(18-3)20-8-13-21-10(2)22-24-13/h4-6,14H,7-8H2,1-3H3,(H2,18,19,20). The monoisotopic (exact) mass is 339 g/mol. The molecule has 130 valence electrons.